The van der Waals surface area contributed by atoms with Gasteiger partial charge in [0.05, 0.1) is 12.3 Å². The molecule has 1 atom stereocenters. The summed E-state index contributed by atoms with van der Waals surface area (Å²) in [6, 6.07) is 2.02. The number of aromatic nitrogens is 2. The van der Waals surface area contributed by atoms with Gasteiger partial charge >= 0.3 is 0 Å². The average Bonchev–Trinajstić information content (AvgIpc) is 2.30. The van der Waals surface area contributed by atoms with Crippen molar-refractivity contribution in [3.8, 4) is 0 Å². The van der Waals surface area contributed by atoms with Gasteiger partial charge in [-0.15, -0.1) is 0 Å². The van der Waals surface area contributed by atoms with Gasteiger partial charge in [0.25, 0.3) is 0 Å². The molecule has 1 fully saturated rings. The highest BCUT2D eigenvalue weighted by Crippen LogP contribution is 2.32. The maximum atomic E-state index is 9.04. The molecule has 1 N–H and O–H groups in total. The number of rotatable bonds is 3. The van der Waals surface area contributed by atoms with Crippen LogP contribution in [-0.4, -0.2) is 46.2 Å². The van der Waals surface area contributed by atoms with E-state index >= 15 is 0 Å². The summed E-state index contributed by atoms with van der Waals surface area (Å²) in [5.74, 6) is 0.836. The summed E-state index contributed by atoms with van der Waals surface area (Å²) >= 11 is 0. The highest BCUT2D eigenvalue weighted by Gasteiger charge is 2.33. The standard InChI is InChI=1S/C13H21N3O/c1-11-14-6-4-12(15-11)13(2)5-3-7-16(10-13)8-9-17/h4,6,17H,3,5,7-10H2,1-2H3/t13-/m0/s1. The van der Waals surface area contributed by atoms with Crippen molar-refractivity contribution < 1.29 is 5.11 Å². The lowest BCUT2D eigenvalue weighted by atomic mass is 9.79. The third-order valence-electron chi connectivity index (χ3n) is 3.59. The summed E-state index contributed by atoms with van der Waals surface area (Å²) in [6.07, 6.45) is 4.17. The van der Waals surface area contributed by atoms with Crippen molar-refractivity contribution in [2.45, 2.75) is 32.1 Å². The molecule has 0 unspecified atom stereocenters. The Morgan fingerprint density at radius 2 is 2.35 bits per heavy atom. The minimum Gasteiger partial charge on any atom is -0.395 e. The first-order chi connectivity index (χ1) is 8.14. The number of aryl methyl sites for hydroxylation is 1. The van der Waals surface area contributed by atoms with Crippen molar-refractivity contribution in [3.63, 3.8) is 0 Å². The van der Waals surface area contributed by atoms with Crippen molar-refractivity contribution in [2.24, 2.45) is 0 Å². The van der Waals surface area contributed by atoms with E-state index in [1.54, 1.807) is 0 Å². The highest BCUT2D eigenvalue weighted by molar-refractivity contribution is 5.17. The molecule has 4 nitrogen and oxygen atoms in total. The molecule has 1 saturated heterocycles. The van der Waals surface area contributed by atoms with E-state index in [1.807, 2.05) is 19.2 Å². The third-order valence-corrected chi connectivity index (χ3v) is 3.59. The van der Waals surface area contributed by atoms with E-state index in [2.05, 4.69) is 21.8 Å². The molecule has 1 aromatic rings. The molecule has 0 saturated carbocycles. The van der Waals surface area contributed by atoms with Crippen LogP contribution in [0.3, 0.4) is 0 Å². The molecule has 1 aliphatic rings. The van der Waals surface area contributed by atoms with Crippen molar-refractivity contribution in [1.82, 2.24) is 14.9 Å². The Balaban J connectivity index is 2.17. The van der Waals surface area contributed by atoms with Crippen LogP contribution in [0.4, 0.5) is 0 Å². The summed E-state index contributed by atoms with van der Waals surface area (Å²) in [7, 11) is 0. The fourth-order valence-corrected chi connectivity index (χ4v) is 2.68. The molecule has 2 heterocycles. The molecule has 1 aromatic heterocycles. The van der Waals surface area contributed by atoms with E-state index in [9.17, 15) is 0 Å². The summed E-state index contributed by atoms with van der Waals surface area (Å²) < 4.78 is 0. The zero-order valence-electron chi connectivity index (χ0n) is 10.7. The lowest BCUT2D eigenvalue weighted by molar-refractivity contribution is 0.125. The molecule has 94 valence electrons. The number of piperidine rings is 1. The maximum absolute atomic E-state index is 9.04. The molecule has 0 aliphatic carbocycles. The molecule has 4 heteroatoms. The van der Waals surface area contributed by atoms with Crippen molar-refractivity contribution in [2.75, 3.05) is 26.2 Å². The van der Waals surface area contributed by atoms with Gasteiger partial charge in [-0.1, -0.05) is 6.92 Å². The van der Waals surface area contributed by atoms with Gasteiger partial charge in [-0.25, -0.2) is 9.97 Å². The predicted molar refractivity (Wildman–Crippen MR) is 66.9 cm³/mol. The fraction of sp³-hybridized carbons (Fsp3) is 0.692. The number of hydrogen-bond donors (Lipinski definition) is 1. The zero-order valence-corrected chi connectivity index (χ0v) is 10.7. The van der Waals surface area contributed by atoms with Crippen LogP contribution in [0.5, 0.6) is 0 Å². The van der Waals surface area contributed by atoms with Crippen LogP contribution in [0.2, 0.25) is 0 Å². The maximum Gasteiger partial charge on any atom is 0.125 e. The Morgan fingerprint density at radius 3 is 3.06 bits per heavy atom. The van der Waals surface area contributed by atoms with Gasteiger partial charge in [-0.05, 0) is 32.4 Å². The number of hydrogen-bond acceptors (Lipinski definition) is 4. The van der Waals surface area contributed by atoms with E-state index in [4.69, 9.17) is 5.11 Å². The molecule has 0 bridgehead atoms. The van der Waals surface area contributed by atoms with Crippen LogP contribution in [0, 0.1) is 6.92 Å². The molecular formula is C13H21N3O. The average molecular weight is 235 g/mol. The van der Waals surface area contributed by atoms with Gasteiger partial charge in [0.1, 0.15) is 5.82 Å². The Hall–Kier alpha value is -1.00. The monoisotopic (exact) mass is 235 g/mol. The minimum atomic E-state index is 0.0983. The number of aliphatic hydroxyl groups is 1. The second-order valence-electron chi connectivity index (χ2n) is 5.15. The number of aliphatic hydroxyl groups excluding tert-OH is 1. The smallest absolute Gasteiger partial charge is 0.125 e. The third kappa shape index (κ3) is 2.82. The molecule has 0 spiro atoms. The SMILES string of the molecule is Cc1nccc([C@@]2(C)CCCN(CCO)C2)n1. The molecular weight excluding hydrogens is 214 g/mol. The lowest BCUT2D eigenvalue weighted by Crippen LogP contribution is -2.45. The first kappa shape index (κ1) is 12.5. The van der Waals surface area contributed by atoms with Crippen LogP contribution >= 0.6 is 0 Å². The van der Waals surface area contributed by atoms with Crippen molar-refractivity contribution in [1.29, 1.82) is 0 Å². The Kier molecular flexibility index (Phi) is 3.74. The van der Waals surface area contributed by atoms with E-state index in [1.165, 1.54) is 6.42 Å². The largest absolute Gasteiger partial charge is 0.395 e. The van der Waals surface area contributed by atoms with Gasteiger partial charge < -0.3 is 10.0 Å². The van der Waals surface area contributed by atoms with Crippen molar-refractivity contribution in [3.05, 3.63) is 23.8 Å². The quantitative estimate of drug-likeness (QED) is 0.853. The zero-order chi connectivity index (χ0) is 12.3. The first-order valence-electron chi connectivity index (χ1n) is 6.27. The van der Waals surface area contributed by atoms with E-state index in [0.29, 0.717) is 0 Å². The fourth-order valence-electron chi connectivity index (χ4n) is 2.68. The summed E-state index contributed by atoms with van der Waals surface area (Å²) in [5.41, 5.74) is 1.23. The predicted octanol–water partition coefficient (Wildman–Crippen LogP) is 1.13. The highest BCUT2D eigenvalue weighted by atomic mass is 16.3. The number of β-amino-alcohol motifs (C(OH)–C–C–N with tert-alkyl or cyclic N) is 1. The molecule has 2 rings (SSSR count). The van der Waals surface area contributed by atoms with Crippen LogP contribution in [0.25, 0.3) is 0 Å². The van der Waals surface area contributed by atoms with E-state index in [0.717, 1.165) is 37.6 Å². The van der Waals surface area contributed by atoms with Crippen LogP contribution < -0.4 is 0 Å². The van der Waals surface area contributed by atoms with Gasteiger partial charge in [0.2, 0.25) is 0 Å². The molecule has 0 amide bonds. The van der Waals surface area contributed by atoms with Crippen molar-refractivity contribution >= 4 is 0 Å². The van der Waals surface area contributed by atoms with Gasteiger partial charge in [-0.3, -0.25) is 0 Å². The van der Waals surface area contributed by atoms with Gasteiger partial charge in [0.15, 0.2) is 0 Å². The molecule has 0 aromatic carbocycles. The summed E-state index contributed by atoms with van der Waals surface area (Å²) in [5, 5.41) is 9.04. The normalized spacial score (nSPS) is 26.1. The van der Waals surface area contributed by atoms with Gasteiger partial charge in [0, 0.05) is 24.7 Å². The summed E-state index contributed by atoms with van der Waals surface area (Å²) in [4.78, 5) is 11.0. The molecule has 17 heavy (non-hydrogen) atoms. The van der Waals surface area contributed by atoms with Crippen LogP contribution in [-0.2, 0) is 5.41 Å². The topological polar surface area (TPSA) is 49.2 Å². The second kappa shape index (κ2) is 5.10. The minimum absolute atomic E-state index is 0.0983. The number of nitrogens with zero attached hydrogens (tertiary/aromatic N) is 3. The van der Waals surface area contributed by atoms with E-state index < -0.39 is 0 Å². The molecule has 0 radical (unpaired) electrons. The first-order valence-corrected chi connectivity index (χ1v) is 6.27. The van der Waals surface area contributed by atoms with E-state index in [-0.39, 0.29) is 12.0 Å². The van der Waals surface area contributed by atoms with Crippen LogP contribution in [0.15, 0.2) is 12.3 Å². The van der Waals surface area contributed by atoms with Gasteiger partial charge in [-0.2, -0.15) is 0 Å². The summed E-state index contributed by atoms with van der Waals surface area (Å²) in [6.45, 7) is 7.25. The Bertz CT molecular complexity index is 381. The Labute approximate surface area is 103 Å². The lowest BCUT2D eigenvalue weighted by Gasteiger charge is -2.40. The Morgan fingerprint density at radius 1 is 1.53 bits per heavy atom. The number of likely N-dealkylation sites (tertiary alicyclic amines) is 1. The second-order valence-corrected chi connectivity index (χ2v) is 5.15. The van der Waals surface area contributed by atoms with Crippen LogP contribution in [0.1, 0.15) is 31.3 Å². The molecule has 1 aliphatic heterocycles.